The second-order valence-electron chi connectivity index (χ2n) is 4.93. The summed E-state index contributed by atoms with van der Waals surface area (Å²) in [6, 6.07) is 6.28. The number of allylic oxidation sites excluding steroid dienone is 4. The Labute approximate surface area is 157 Å². The van der Waals surface area contributed by atoms with Gasteiger partial charge in [0.05, 0.1) is 0 Å². The normalized spacial score (nSPS) is 10.0. The van der Waals surface area contributed by atoms with Crippen LogP contribution in [-0.2, 0) is 24.6 Å². The number of rotatable bonds is 2. The van der Waals surface area contributed by atoms with Crippen LogP contribution in [0.4, 0.5) is 0 Å². The first-order valence-corrected chi connectivity index (χ1v) is 13.1. The molecule has 0 aliphatic rings. The van der Waals surface area contributed by atoms with Crippen LogP contribution in [0.1, 0.15) is 25.4 Å². The Morgan fingerprint density at radius 1 is 0.800 bits per heavy atom. The third kappa shape index (κ3) is 5.78. The summed E-state index contributed by atoms with van der Waals surface area (Å²) >= 11 is -2.00. The minimum absolute atomic E-state index is 0.380. The Balaban J connectivity index is 2.48. The quantitative estimate of drug-likeness (QED) is 0.446. The van der Waals surface area contributed by atoms with E-state index >= 15 is 0 Å². The zero-order valence-electron chi connectivity index (χ0n) is 14.0. The third-order valence-electron chi connectivity index (χ3n) is 3.08. The molecule has 0 fully saturated rings. The average Bonchev–Trinajstić information content (AvgIpc) is 2.59. The first-order chi connectivity index (χ1) is 12.1. The summed E-state index contributed by atoms with van der Waals surface area (Å²) in [5.74, 6) is 12.2. The summed E-state index contributed by atoms with van der Waals surface area (Å²) in [5.41, 5.74) is -0.871. The molecule has 0 spiro atoms. The van der Waals surface area contributed by atoms with Gasteiger partial charge in [-0.25, -0.2) is 0 Å². The van der Waals surface area contributed by atoms with Crippen LogP contribution in [0.5, 0.6) is 0 Å². The fourth-order valence-electron chi connectivity index (χ4n) is 1.97. The van der Waals surface area contributed by atoms with E-state index in [0.29, 0.717) is 11.5 Å². The molecule has 5 heteroatoms. The van der Waals surface area contributed by atoms with Crippen molar-refractivity contribution in [2.75, 3.05) is 0 Å². The first-order valence-electron chi connectivity index (χ1n) is 7.65. The number of hydrogen-bond donors (Lipinski definition) is 0. The molecule has 2 rings (SSSR count). The zero-order valence-corrected chi connectivity index (χ0v) is 19.5. The van der Waals surface area contributed by atoms with E-state index in [0.717, 1.165) is 6.14 Å². The van der Waals surface area contributed by atoms with Crippen molar-refractivity contribution >= 4 is 6.14 Å². The predicted molar refractivity (Wildman–Crippen MR) is 92.6 cm³/mol. The molecule has 2 aromatic heterocycles. The summed E-state index contributed by atoms with van der Waals surface area (Å²) in [6.07, 6.45) is 6.98. The third-order valence-corrected chi connectivity index (χ3v) is 10.4. The molecule has 0 saturated heterocycles. The van der Waals surface area contributed by atoms with Gasteiger partial charge in [-0.15, -0.1) is 0 Å². The Morgan fingerprint density at radius 3 is 1.64 bits per heavy atom. The molecule has 0 bridgehead atoms. The zero-order chi connectivity index (χ0) is 18.1. The van der Waals surface area contributed by atoms with Crippen molar-refractivity contribution in [2.45, 2.75) is 13.8 Å². The van der Waals surface area contributed by atoms with Crippen LogP contribution < -0.4 is 17.4 Å². The van der Waals surface area contributed by atoms with Crippen molar-refractivity contribution in [1.82, 2.24) is 0 Å². The van der Waals surface area contributed by atoms with Crippen molar-refractivity contribution in [1.29, 1.82) is 0 Å². The molecule has 0 aromatic carbocycles. The van der Waals surface area contributed by atoms with Crippen LogP contribution in [0.25, 0.3) is 0 Å². The van der Waals surface area contributed by atoms with Gasteiger partial charge in [0.2, 0.25) is 0 Å². The molecule has 0 N–H and O–H groups in total. The summed E-state index contributed by atoms with van der Waals surface area (Å²) in [5, 5.41) is 0. The van der Waals surface area contributed by atoms with E-state index in [-0.39, 0.29) is 0 Å². The van der Waals surface area contributed by atoms with Crippen LogP contribution in [0, 0.1) is 23.7 Å². The van der Waals surface area contributed by atoms with Gasteiger partial charge in [0.25, 0.3) is 0 Å². The van der Waals surface area contributed by atoms with Gasteiger partial charge in [-0.2, -0.15) is 0 Å². The van der Waals surface area contributed by atoms with Gasteiger partial charge in [-0.3, -0.25) is 0 Å². The van der Waals surface area contributed by atoms with Gasteiger partial charge in [0, 0.05) is 0 Å². The van der Waals surface area contributed by atoms with Gasteiger partial charge in [-0.05, 0) is 0 Å². The Bertz CT molecular complexity index is 962. The maximum absolute atomic E-state index is 11.5. The summed E-state index contributed by atoms with van der Waals surface area (Å²) in [6.45, 7) is 3.72. The fourth-order valence-corrected chi connectivity index (χ4v) is 7.89. The van der Waals surface area contributed by atoms with Crippen LogP contribution in [-0.4, -0.2) is 0 Å². The topological polar surface area (TPSA) is 60.4 Å². The van der Waals surface area contributed by atoms with Crippen LogP contribution in [0.15, 0.2) is 67.0 Å². The van der Waals surface area contributed by atoms with E-state index in [4.69, 9.17) is 8.83 Å². The molecule has 25 heavy (non-hydrogen) atoms. The monoisotopic (exact) mass is 520 g/mol. The van der Waals surface area contributed by atoms with Gasteiger partial charge in [0.15, 0.2) is 0 Å². The molecule has 0 aliphatic carbocycles. The molecule has 4 nitrogen and oxygen atoms in total. The molecule has 2 aromatic rings. The Hall–Kier alpha value is -2.56. The van der Waals surface area contributed by atoms with Gasteiger partial charge in [-0.1, -0.05) is 0 Å². The molecule has 0 amide bonds. The van der Waals surface area contributed by atoms with E-state index in [1.165, 1.54) is 12.1 Å². The van der Waals surface area contributed by atoms with Crippen molar-refractivity contribution in [3.05, 3.63) is 80.9 Å². The number of hydrogen-bond acceptors (Lipinski definition) is 4. The molecular formula is C20H14HgO4. The van der Waals surface area contributed by atoms with Crippen LogP contribution >= 0.6 is 0 Å². The van der Waals surface area contributed by atoms with Crippen LogP contribution in [0.2, 0.25) is 0 Å². The second-order valence-corrected chi connectivity index (χ2v) is 12.2. The summed E-state index contributed by atoms with van der Waals surface area (Å²) in [7, 11) is 0. The summed E-state index contributed by atoms with van der Waals surface area (Å²) < 4.78 is 12.3. The molecule has 2 heterocycles. The molecule has 120 valence electrons. The van der Waals surface area contributed by atoms with Crippen molar-refractivity contribution in [3.63, 3.8) is 0 Å². The molecule has 0 saturated carbocycles. The van der Waals surface area contributed by atoms with Crippen molar-refractivity contribution in [2.24, 2.45) is 0 Å². The molecule has 0 radical (unpaired) electrons. The van der Waals surface area contributed by atoms with Crippen molar-refractivity contribution in [3.8, 4) is 23.7 Å². The molecule has 0 aliphatic heterocycles. The molecule has 0 atom stereocenters. The van der Waals surface area contributed by atoms with Crippen LogP contribution in [0.3, 0.4) is 0 Å². The average molecular weight is 519 g/mol. The molecule has 0 unspecified atom stereocenters. The van der Waals surface area contributed by atoms with E-state index in [2.05, 4.69) is 23.7 Å². The van der Waals surface area contributed by atoms with E-state index in [1.807, 2.05) is 13.8 Å². The van der Waals surface area contributed by atoms with Gasteiger partial charge >= 0.3 is 158 Å². The fraction of sp³-hybridized carbons (Fsp3) is 0.100. The van der Waals surface area contributed by atoms with Gasteiger partial charge in [0.1, 0.15) is 0 Å². The SMILES string of the molecule is C/C=C\C#Cc1oc(=O)cc[c]1[Hg][c]1ccc(=O)oc1C#C/C=C/C. The minimum atomic E-state index is -2.00. The van der Waals surface area contributed by atoms with E-state index in [9.17, 15) is 9.59 Å². The van der Waals surface area contributed by atoms with E-state index in [1.54, 1.807) is 36.4 Å². The van der Waals surface area contributed by atoms with Gasteiger partial charge < -0.3 is 0 Å². The Morgan fingerprint density at radius 2 is 1.24 bits per heavy atom. The predicted octanol–water partition coefficient (Wildman–Crippen LogP) is 1.48. The first kappa shape index (κ1) is 18.8. The molecular weight excluding hydrogens is 505 g/mol. The summed E-state index contributed by atoms with van der Waals surface area (Å²) in [4.78, 5) is 23.0. The second kappa shape index (κ2) is 9.66. The standard InChI is InChI=1S/2C10H7O2.Hg/c2*1-2-3-4-6-9-7-5-8-10(11)12-9;/h2*2-3,5,8H,1H3;/b3-2+;3-2-;. The maximum atomic E-state index is 11.5. The van der Waals surface area contributed by atoms with Crippen molar-refractivity contribution < 1.29 is 33.4 Å². The Kier molecular flexibility index (Phi) is 7.25. The van der Waals surface area contributed by atoms with E-state index < -0.39 is 35.8 Å².